The van der Waals surface area contributed by atoms with E-state index in [1.165, 1.54) is 37.7 Å². The largest absolute Gasteiger partial charge is 0.494 e. The molecule has 0 saturated carbocycles. The predicted molar refractivity (Wildman–Crippen MR) is 108 cm³/mol. The molecule has 26 heavy (non-hydrogen) atoms. The second-order valence-electron chi connectivity index (χ2n) is 6.86. The standard InChI is InChI=1S/C23H29NO2/c1-3-5-7-8-16-25-20-13-11-19(12-14-20)23-24-21-17-18(9-6-4-2)10-15-22(21)26-23/h10-15,17H,3-9,16H2,1-2H3. The van der Waals surface area contributed by atoms with Gasteiger partial charge in [0.05, 0.1) is 6.61 Å². The van der Waals surface area contributed by atoms with Gasteiger partial charge < -0.3 is 9.15 Å². The van der Waals surface area contributed by atoms with Gasteiger partial charge in [-0.2, -0.15) is 0 Å². The summed E-state index contributed by atoms with van der Waals surface area (Å²) >= 11 is 0. The lowest BCUT2D eigenvalue weighted by Crippen LogP contribution is -1.96. The Morgan fingerprint density at radius 1 is 0.885 bits per heavy atom. The summed E-state index contributed by atoms with van der Waals surface area (Å²) in [4.78, 5) is 4.67. The maximum atomic E-state index is 5.93. The third-order valence-electron chi connectivity index (χ3n) is 4.64. The van der Waals surface area contributed by atoms with Crippen molar-refractivity contribution in [1.29, 1.82) is 0 Å². The van der Waals surface area contributed by atoms with Crippen LogP contribution in [0.4, 0.5) is 0 Å². The number of benzene rings is 2. The Bertz CT molecular complexity index is 805. The molecule has 0 aliphatic rings. The van der Waals surface area contributed by atoms with Crippen LogP contribution in [0, 0.1) is 0 Å². The van der Waals surface area contributed by atoms with Gasteiger partial charge >= 0.3 is 0 Å². The molecule has 2 aromatic carbocycles. The number of aryl methyl sites for hydroxylation is 1. The molecule has 0 unspecified atom stereocenters. The average molecular weight is 351 g/mol. The molecule has 0 bridgehead atoms. The van der Waals surface area contributed by atoms with Crippen LogP contribution in [0.1, 0.15) is 57.9 Å². The van der Waals surface area contributed by atoms with Crippen molar-refractivity contribution in [2.75, 3.05) is 6.61 Å². The molecule has 3 rings (SSSR count). The molecule has 3 nitrogen and oxygen atoms in total. The zero-order valence-corrected chi connectivity index (χ0v) is 16.0. The Balaban J connectivity index is 1.64. The Kier molecular flexibility index (Phi) is 6.70. The number of rotatable bonds is 10. The highest BCUT2D eigenvalue weighted by atomic mass is 16.5. The van der Waals surface area contributed by atoms with Gasteiger partial charge in [-0.3, -0.25) is 0 Å². The third kappa shape index (κ3) is 4.87. The van der Waals surface area contributed by atoms with E-state index in [-0.39, 0.29) is 0 Å². The van der Waals surface area contributed by atoms with Crippen molar-refractivity contribution in [3.8, 4) is 17.2 Å². The molecule has 1 heterocycles. The van der Waals surface area contributed by atoms with Gasteiger partial charge in [-0.15, -0.1) is 0 Å². The second kappa shape index (κ2) is 9.42. The van der Waals surface area contributed by atoms with Crippen LogP contribution in [-0.4, -0.2) is 11.6 Å². The molecule has 0 amide bonds. The first-order chi connectivity index (χ1) is 12.8. The van der Waals surface area contributed by atoms with Crippen LogP contribution in [0.5, 0.6) is 5.75 Å². The molecule has 3 aromatic rings. The topological polar surface area (TPSA) is 35.3 Å². The zero-order chi connectivity index (χ0) is 18.2. The first kappa shape index (κ1) is 18.5. The van der Waals surface area contributed by atoms with E-state index < -0.39 is 0 Å². The van der Waals surface area contributed by atoms with Crippen molar-refractivity contribution >= 4 is 11.1 Å². The zero-order valence-electron chi connectivity index (χ0n) is 16.0. The van der Waals surface area contributed by atoms with Crippen molar-refractivity contribution in [3.63, 3.8) is 0 Å². The number of hydrogen-bond acceptors (Lipinski definition) is 3. The summed E-state index contributed by atoms with van der Waals surface area (Å²) in [7, 11) is 0. The summed E-state index contributed by atoms with van der Waals surface area (Å²) in [5.74, 6) is 1.57. The molecule has 0 radical (unpaired) electrons. The smallest absolute Gasteiger partial charge is 0.227 e. The minimum Gasteiger partial charge on any atom is -0.494 e. The molecule has 3 heteroatoms. The van der Waals surface area contributed by atoms with Crippen LogP contribution < -0.4 is 4.74 Å². The quantitative estimate of drug-likeness (QED) is 0.377. The van der Waals surface area contributed by atoms with Gasteiger partial charge in [-0.1, -0.05) is 45.6 Å². The molecule has 0 aliphatic heterocycles. The highest BCUT2D eigenvalue weighted by Gasteiger charge is 2.09. The number of oxazole rings is 1. The molecule has 0 saturated heterocycles. The second-order valence-corrected chi connectivity index (χ2v) is 6.86. The lowest BCUT2D eigenvalue weighted by molar-refractivity contribution is 0.305. The summed E-state index contributed by atoms with van der Waals surface area (Å²) in [6, 6.07) is 14.3. The van der Waals surface area contributed by atoms with Crippen LogP contribution in [0.15, 0.2) is 46.9 Å². The lowest BCUT2D eigenvalue weighted by Gasteiger charge is -2.06. The Hall–Kier alpha value is -2.29. The van der Waals surface area contributed by atoms with E-state index in [4.69, 9.17) is 9.15 Å². The fraction of sp³-hybridized carbons (Fsp3) is 0.435. The van der Waals surface area contributed by atoms with Gasteiger partial charge in [0.1, 0.15) is 11.3 Å². The fourth-order valence-corrected chi connectivity index (χ4v) is 3.05. The number of fused-ring (bicyclic) bond motifs is 1. The van der Waals surface area contributed by atoms with E-state index in [9.17, 15) is 0 Å². The minimum atomic E-state index is 0.669. The number of aromatic nitrogens is 1. The molecular formula is C23H29NO2. The normalized spacial score (nSPS) is 11.2. The molecule has 0 N–H and O–H groups in total. The molecule has 0 fully saturated rings. The minimum absolute atomic E-state index is 0.669. The maximum absolute atomic E-state index is 5.93. The van der Waals surface area contributed by atoms with Gasteiger partial charge in [-0.05, 0) is 61.2 Å². The van der Waals surface area contributed by atoms with E-state index >= 15 is 0 Å². The highest BCUT2D eigenvalue weighted by Crippen LogP contribution is 2.27. The molecule has 0 spiro atoms. The van der Waals surface area contributed by atoms with E-state index in [2.05, 4.69) is 31.0 Å². The summed E-state index contributed by atoms with van der Waals surface area (Å²) in [6.07, 6.45) is 8.38. The maximum Gasteiger partial charge on any atom is 0.227 e. The monoisotopic (exact) mass is 351 g/mol. The predicted octanol–water partition coefficient (Wildman–Crippen LogP) is 6.80. The van der Waals surface area contributed by atoms with Crippen LogP contribution in [-0.2, 0) is 6.42 Å². The Morgan fingerprint density at radius 2 is 1.69 bits per heavy atom. The molecule has 0 atom stereocenters. The SMILES string of the molecule is CCCCCCOc1ccc(-c2nc3cc(CCCC)ccc3o2)cc1. The van der Waals surface area contributed by atoms with Gasteiger partial charge in [0.2, 0.25) is 5.89 Å². The van der Waals surface area contributed by atoms with Crippen LogP contribution in [0.25, 0.3) is 22.6 Å². The number of nitrogens with zero attached hydrogens (tertiary/aromatic N) is 1. The van der Waals surface area contributed by atoms with Gasteiger partial charge in [0.25, 0.3) is 0 Å². The number of unbranched alkanes of at least 4 members (excludes halogenated alkanes) is 4. The van der Waals surface area contributed by atoms with E-state index in [1.54, 1.807) is 0 Å². The van der Waals surface area contributed by atoms with Crippen molar-refractivity contribution < 1.29 is 9.15 Å². The van der Waals surface area contributed by atoms with E-state index in [0.29, 0.717) is 5.89 Å². The Morgan fingerprint density at radius 3 is 2.46 bits per heavy atom. The summed E-state index contributed by atoms with van der Waals surface area (Å²) < 4.78 is 11.7. The van der Waals surface area contributed by atoms with E-state index in [1.807, 2.05) is 30.3 Å². The highest BCUT2D eigenvalue weighted by molar-refractivity contribution is 5.77. The lowest BCUT2D eigenvalue weighted by atomic mass is 10.1. The fourth-order valence-electron chi connectivity index (χ4n) is 3.05. The van der Waals surface area contributed by atoms with Crippen molar-refractivity contribution in [1.82, 2.24) is 4.98 Å². The van der Waals surface area contributed by atoms with Gasteiger partial charge in [-0.25, -0.2) is 4.98 Å². The molecule has 138 valence electrons. The third-order valence-corrected chi connectivity index (χ3v) is 4.64. The van der Waals surface area contributed by atoms with Crippen LogP contribution >= 0.6 is 0 Å². The summed E-state index contributed by atoms with van der Waals surface area (Å²) in [6.45, 7) is 5.21. The Labute approximate surface area is 156 Å². The van der Waals surface area contributed by atoms with Crippen molar-refractivity contribution in [2.24, 2.45) is 0 Å². The van der Waals surface area contributed by atoms with Crippen LogP contribution in [0.2, 0.25) is 0 Å². The number of hydrogen-bond donors (Lipinski definition) is 0. The first-order valence-electron chi connectivity index (χ1n) is 9.93. The van der Waals surface area contributed by atoms with Crippen LogP contribution in [0.3, 0.4) is 0 Å². The molecule has 1 aromatic heterocycles. The number of ether oxygens (including phenoxy) is 1. The first-order valence-corrected chi connectivity index (χ1v) is 9.93. The van der Waals surface area contributed by atoms with Crippen molar-refractivity contribution in [3.05, 3.63) is 48.0 Å². The summed E-state index contributed by atoms with van der Waals surface area (Å²) in [5, 5.41) is 0. The van der Waals surface area contributed by atoms with Gasteiger partial charge in [0, 0.05) is 5.56 Å². The average Bonchev–Trinajstić information content (AvgIpc) is 3.10. The van der Waals surface area contributed by atoms with Gasteiger partial charge in [0.15, 0.2) is 5.58 Å². The molecular weight excluding hydrogens is 322 g/mol. The summed E-state index contributed by atoms with van der Waals surface area (Å²) in [5.41, 5.74) is 4.09. The van der Waals surface area contributed by atoms with Crippen molar-refractivity contribution in [2.45, 2.75) is 58.8 Å². The molecule has 0 aliphatic carbocycles. The van der Waals surface area contributed by atoms with E-state index in [0.717, 1.165) is 41.9 Å².